The molecule has 0 bridgehead atoms. The molecule has 0 saturated heterocycles. The van der Waals surface area contributed by atoms with Crippen LogP contribution >= 0.6 is 11.6 Å². The van der Waals surface area contributed by atoms with Crippen LogP contribution in [-0.2, 0) is 10.0 Å². The van der Waals surface area contributed by atoms with E-state index in [2.05, 4.69) is 9.71 Å². The van der Waals surface area contributed by atoms with Crippen LogP contribution in [0.25, 0.3) is 11.1 Å². The number of pyridine rings is 1. The van der Waals surface area contributed by atoms with E-state index in [9.17, 15) is 8.42 Å². The van der Waals surface area contributed by atoms with Crippen molar-refractivity contribution in [2.45, 2.75) is 18.1 Å². The Labute approximate surface area is 122 Å². The molecule has 1 saturated carbocycles. The zero-order valence-electron chi connectivity index (χ0n) is 10.6. The molecule has 1 fully saturated rings. The second kappa shape index (κ2) is 5.07. The predicted molar refractivity (Wildman–Crippen MR) is 80.2 cm³/mol. The van der Waals surface area contributed by atoms with Crippen molar-refractivity contribution in [2.75, 3.05) is 4.72 Å². The maximum atomic E-state index is 11.9. The molecular formula is C14H13ClN2O2S. The van der Waals surface area contributed by atoms with Crippen molar-refractivity contribution in [3.8, 4) is 11.1 Å². The highest BCUT2D eigenvalue weighted by molar-refractivity contribution is 7.93. The molecule has 1 aromatic heterocycles. The Bertz CT molecular complexity index is 742. The van der Waals surface area contributed by atoms with Gasteiger partial charge in [0.25, 0.3) is 0 Å². The van der Waals surface area contributed by atoms with E-state index in [0.717, 1.165) is 24.0 Å². The van der Waals surface area contributed by atoms with Crippen molar-refractivity contribution in [3.05, 3.63) is 47.7 Å². The first kappa shape index (κ1) is 13.4. The van der Waals surface area contributed by atoms with Crippen molar-refractivity contribution >= 4 is 27.3 Å². The number of benzene rings is 1. The average molecular weight is 309 g/mol. The Morgan fingerprint density at radius 2 is 1.95 bits per heavy atom. The summed E-state index contributed by atoms with van der Waals surface area (Å²) in [6.45, 7) is 0. The van der Waals surface area contributed by atoms with Gasteiger partial charge < -0.3 is 0 Å². The van der Waals surface area contributed by atoms with Gasteiger partial charge in [0.1, 0.15) is 0 Å². The summed E-state index contributed by atoms with van der Waals surface area (Å²) in [5, 5.41) is 0.379. The third-order valence-electron chi connectivity index (χ3n) is 3.12. The molecule has 20 heavy (non-hydrogen) atoms. The Hall–Kier alpha value is -1.59. The van der Waals surface area contributed by atoms with Gasteiger partial charge in [-0.05, 0) is 36.6 Å². The van der Waals surface area contributed by atoms with E-state index in [4.69, 9.17) is 11.6 Å². The van der Waals surface area contributed by atoms with Crippen LogP contribution in [0.15, 0.2) is 42.7 Å². The summed E-state index contributed by atoms with van der Waals surface area (Å²) < 4.78 is 26.4. The molecule has 1 aliphatic carbocycles. The van der Waals surface area contributed by atoms with Gasteiger partial charge in [0.05, 0.1) is 17.1 Å². The van der Waals surface area contributed by atoms with Crippen LogP contribution in [0.4, 0.5) is 5.69 Å². The second-order valence-corrected chi connectivity index (χ2v) is 7.22. The Kier molecular flexibility index (Phi) is 3.40. The average Bonchev–Trinajstić information content (AvgIpc) is 3.23. The number of hydrogen-bond acceptors (Lipinski definition) is 3. The number of hydrogen-bond donors (Lipinski definition) is 1. The largest absolute Gasteiger partial charge is 0.282 e. The molecule has 2 aromatic rings. The van der Waals surface area contributed by atoms with Crippen molar-refractivity contribution in [3.63, 3.8) is 0 Å². The van der Waals surface area contributed by atoms with Gasteiger partial charge in [-0.25, -0.2) is 8.42 Å². The summed E-state index contributed by atoms with van der Waals surface area (Å²) in [6.07, 6.45) is 4.65. The summed E-state index contributed by atoms with van der Waals surface area (Å²) in [5.41, 5.74) is 2.20. The summed E-state index contributed by atoms with van der Waals surface area (Å²) >= 11 is 5.96. The van der Waals surface area contributed by atoms with E-state index in [-0.39, 0.29) is 5.25 Å². The number of nitrogens with zero attached hydrogens (tertiary/aromatic N) is 1. The van der Waals surface area contributed by atoms with Crippen LogP contribution in [0.5, 0.6) is 0 Å². The fraction of sp³-hybridized carbons (Fsp3) is 0.214. The van der Waals surface area contributed by atoms with E-state index in [1.807, 2.05) is 18.2 Å². The molecule has 0 unspecified atom stereocenters. The molecule has 104 valence electrons. The smallest absolute Gasteiger partial charge is 0.235 e. The lowest BCUT2D eigenvalue weighted by molar-refractivity contribution is 0.600. The van der Waals surface area contributed by atoms with Gasteiger partial charge in [-0.1, -0.05) is 23.7 Å². The predicted octanol–water partition coefficient (Wildman–Crippen LogP) is 3.31. The van der Waals surface area contributed by atoms with Crippen LogP contribution in [0.2, 0.25) is 5.02 Å². The molecule has 4 nitrogen and oxygen atoms in total. The van der Waals surface area contributed by atoms with Gasteiger partial charge in [-0.2, -0.15) is 0 Å². The standard InChI is InChI=1S/C14H13ClN2O2S/c15-12-3-1-2-10(6-12)11-7-13(9-16-8-11)17-20(18,19)14-4-5-14/h1-3,6-9,14,17H,4-5H2. The fourth-order valence-electron chi connectivity index (χ4n) is 1.95. The lowest BCUT2D eigenvalue weighted by atomic mass is 10.1. The Morgan fingerprint density at radius 3 is 2.65 bits per heavy atom. The molecule has 0 aliphatic heterocycles. The molecule has 1 heterocycles. The van der Waals surface area contributed by atoms with E-state index in [1.54, 1.807) is 18.3 Å². The van der Waals surface area contributed by atoms with E-state index in [0.29, 0.717) is 10.7 Å². The van der Waals surface area contributed by atoms with Gasteiger partial charge in [0, 0.05) is 16.8 Å². The second-order valence-electron chi connectivity index (χ2n) is 4.82. The number of halogens is 1. The quantitative estimate of drug-likeness (QED) is 0.942. The third-order valence-corrected chi connectivity index (χ3v) is 5.22. The van der Waals surface area contributed by atoms with Gasteiger partial charge in [-0.3, -0.25) is 9.71 Å². The van der Waals surface area contributed by atoms with E-state index < -0.39 is 10.0 Å². The highest BCUT2D eigenvalue weighted by atomic mass is 35.5. The molecule has 6 heteroatoms. The molecular weight excluding hydrogens is 296 g/mol. The minimum atomic E-state index is -3.26. The molecule has 1 aliphatic rings. The third kappa shape index (κ3) is 2.94. The monoisotopic (exact) mass is 308 g/mol. The summed E-state index contributed by atoms with van der Waals surface area (Å²) in [7, 11) is -3.26. The molecule has 0 amide bonds. The van der Waals surface area contributed by atoms with E-state index >= 15 is 0 Å². The summed E-state index contributed by atoms with van der Waals surface area (Å²) in [5.74, 6) is 0. The molecule has 1 N–H and O–H groups in total. The molecule has 3 rings (SSSR count). The molecule has 0 radical (unpaired) electrons. The molecule has 1 aromatic carbocycles. The minimum Gasteiger partial charge on any atom is -0.282 e. The number of nitrogens with one attached hydrogen (secondary N) is 1. The van der Waals surface area contributed by atoms with E-state index in [1.165, 1.54) is 6.20 Å². The first-order chi connectivity index (χ1) is 9.54. The van der Waals surface area contributed by atoms with Crippen LogP contribution in [0.1, 0.15) is 12.8 Å². The number of aromatic nitrogens is 1. The van der Waals surface area contributed by atoms with Gasteiger partial charge in [0.15, 0.2) is 0 Å². The normalized spacial score (nSPS) is 15.1. The minimum absolute atomic E-state index is 0.252. The van der Waals surface area contributed by atoms with Crippen molar-refractivity contribution in [2.24, 2.45) is 0 Å². The van der Waals surface area contributed by atoms with Gasteiger partial charge in [0.2, 0.25) is 10.0 Å². The van der Waals surface area contributed by atoms with Gasteiger partial charge in [-0.15, -0.1) is 0 Å². The fourth-order valence-corrected chi connectivity index (χ4v) is 3.50. The first-order valence-electron chi connectivity index (χ1n) is 6.27. The Morgan fingerprint density at radius 1 is 1.15 bits per heavy atom. The van der Waals surface area contributed by atoms with Crippen LogP contribution in [-0.4, -0.2) is 18.7 Å². The van der Waals surface area contributed by atoms with Crippen molar-refractivity contribution < 1.29 is 8.42 Å². The summed E-state index contributed by atoms with van der Waals surface area (Å²) in [4.78, 5) is 4.08. The lowest BCUT2D eigenvalue weighted by Gasteiger charge is -2.08. The van der Waals surface area contributed by atoms with Crippen LogP contribution in [0, 0.1) is 0 Å². The molecule has 0 spiro atoms. The van der Waals surface area contributed by atoms with Crippen molar-refractivity contribution in [1.29, 1.82) is 0 Å². The molecule has 0 atom stereocenters. The number of rotatable bonds is 4. The highest BCUT2D eigenvalue weighted by Crippen LogP contribution is 2.30. The first-order valence-corrected chi connectivity index (χ1v) is 8.20. The maximum Gasteiger partial charge on any atom is 0.235 e. The number of sulfonamides is 1. The van der Waals surface area contributed by atoms with Crippen LogP contribution in [0.3, 0.4) is 0 Å². The zero-order valence-corrected chi connectivity index (χ0v) is 12.2. The number of anilines is 1. The lowest BCUT2D eigenvalue weighted by Crippen LogP contribution is -2.17. The maximum absolute atomic E-state index is 11.9. The van der Waals surface area contributed by atoms with Crippen LogP contribution < -0.4 is 4.72 Å². The Balaban J connectivity index is 1.90. The zero-order chi connectivity index (χ0) is 14.2. The topological polar surface area (TPSA) is 59.1 Å². The highest BCUT2D eigenvalue weighted by Gasteiger charge is 2.35. The summed E-state index contributed by atoms with van der Waals surface area (Å²) in [6, 6.07) is 9.12. The SMILES string of the molecule is O=S(=O)(Nc1cncc(-c2cccc(Cl)c2)c1)C1CC1. The van der Waals surface area contributed by atoms with Gasteiger partial charge >= 0.3 is 0 Å². The van der Waals surface area contributed by atoms with Crippen molar-refractivity contribution in [1.82, 2.24) is 4.98 Å².